The van der Waals surface area contributed by atoms with E-state index in [2.05, 4.69) is 5.10 Å². The second-order valence-electron chi connectivity index (χ2n) is 7.02. The number of para-hydroxylation sites is 1. The maximum absolute atomic E-state index is 13.1. The molecule has 146 valence electrons. The van der Waals surface area contributed by atoms with Gasteiger partial charge in [0, 0.05) is 24.3 Å². The van der Waals surface area contributed by atoms with E-state index in [1.807, 2.05) is 84.1 Å². The van der Waals surface area contributed by atoms with Gasteiger partial charge in [-0.15, -0.1) is 0 Å². The van der Waals surface area contributed by atoms with Crippen molar-refractivity contribution in [2.24, 2.45) is 5.73 Å². The highest BCUT2D eigenvalue weighted by atomic mass is 16.2. The van der Waals surface area contributed by atoms with Crippen molar-refractivity contribution in [3.63, 3.8) is 0 Å². The molecule has 0 aliphatic carbocycles. The van der Waals surface area contributed by atoms with Gasteiger partial charge in [-0.1, -0.05) is 48.5 Å². The van der Waals surface area contributed by atoms with Crippen LogP contribution in [0, 0.1) is 13.8 Å². The molecule has 0 aliphatic rings. The lowest BCUT2D eigenvalue weighted by Crippen LogP contribution is -2.34. The summed E-state index contributed by atoms with van der Waals surface area (Å²) in [6.07, 6.45) is 1.14. The molecule has 5 nitrogen and oxygen atoms in total. The number of benzene rings is 2. The highest BCUT2D eigenvalue weighted by Crippen LogP contribution is 2.19. The third-order valence-electron chi connectivity index (χ3n) is 4.97. The van der Waals surface area contributed by atoms with Crippen molar-refractivity contribution in [2.45, 2.75) is 33.2 Å². The molecule has 0 bridgehead atoms. The van der Waals surface area contributed by atoms with Crippen LogP contribution in [-0.4, -0.2) is 33.7 Å². The topological polar surface area (TPSA) is 64.2 Å². The zero-order valence-electron chi connectivity index (χ0n) is 16.6. The molecule has 0 fully saturated rings. The number of aromatic nitrogens is 2. The van der Waals surface area contributed by atoms with Crippen molar-refractivity contribution in [2.75, 3.05) is 13.1 Å². The number of hydrogen-bond acceptors (Lipinski definition) is 3. The number of hydrogen-bond donors (Lipinski definition) is 1. The number of nitrogens with two attached hydrogens (primary N) is 1. The molecule has 0 atom stereocenters. The molecular weight excluding hydrogens is 348 g/mol. The van der Waals surface area contributed by atoms with Crippen LogP contribution in [0.2, 0.25) is 0 Å². The summed E-state index contributed by atoms with van der Waals surface area (Å²) in [5.74, 6) is 0.108. The average molecular weight is 377 g/mol. The maximum atomic E-state index is 13.1. The lowest BCUT2D eigenvalue weighted by Gasteiger charge is -2.23. The highest BCUT2D eigenvalue weighted by Gasteiger charge is 2.20. The lowest BCUT2D eigenvalue weighted by atomic mass is 10.1. The van der Waals surface area contributed by atoms with Crippen molar-refractivity contribution >= 4 is 5.91 Å². The third-order valence-corrected chi connectivity index (χ3v) is 4.97. The van der Waals surface area contributed by atoms with Gasteiger partial charge in [0.05, 0.1) is 17.8 Å². The second-order valence-corrected chi connectivity index (χ2v) is 7.02. The summed E-state index contributed by atoms with van der Waals surface area (Å²) in [6, 6.07) is 20.1. The molecule has 0 saturated carbocycles. The predicted octanol–water partition coefficient (Wildman–Crippen LogP) is 3.41. The molecule has 2 aromatic carbocycles. The molecule has 28 heavy (non-hydrogen) atoms. The molecular formula is C23H28N4O. The lowest BCUT2D eigenvalue weighted by molar-refractivity contribution is -0.131. The maximum Gasteiger partial charge on any atom is 0.227 e. The largest absolute Gasteiger partial charge is 0.338 e. The number of carbonyl (C=O) groups excluding carboxylic acids is 1. The van der Waals surface area contributed by atoms with E-state index < -0.39 is 0 Å². The van der Waals surface area contributed by atoms with E-state index in [-0.39, 0.29) is 5.91 Å². The van der Waals surface area contributed by atoms with E-state index in [4.69, 9.17) is 5.73 Å². The van der Waals surface area contributed by atoms with Gasteiger partial charge >= 0.3 is 0 Å². The second kappa shape index (κ2) is 9.33. The molecule has 1 heterocycles. The van der Waals surface area contributed by atoms with E-state index in [9.17, 15) is 4.79 Å². The molecule has 0 saturated heterocycles. The first-order valence-electron chi connectivity index (χ1n) is 9.72. The molecule has 1 aromatic heterocycles. The zero-order chi connectivity index (χ0) is 19.9. The summed E-state index contributed by atoms with van der Waals surface area (Å²) in [5, 5.41) is 4.66. The van der Waals surface area contributed by atoms with Gasteiger partial charge in [0.1, 0.15) is 0 Å². The third kappa shape index (κ3) is 4.67. The minimum atomic E-state index is 0.108. The molecule has 0 spiro atoms. The highest BCUT2D eigenvalue weighted by molar-refractivity contribution is 5.79. The first-order valence-corrected chi connectivity index (χ1v) is 9.72. The predicted molar refractivity (Wildman–Crippen MR) is 112 cm³/mol. The minimum Gasteiger partial charge on any atom is -0.338 e. The molecule has 3 rings (SSSR count). The van der Waals surface area contributed by atoms with Gasteiger partial charge < -0.3 is 10.6 Å². The van der Waals surface area contributed by atoms with E-state index in [1.54, 1.807) is 0 Å². The Balaban J connectivity index is 1.80. The zero-order valence-corrected chi connectivity index (χ0v) is 16.6. The number of nitrogens with zero attached hydrogens (tertiary/aromatic N) is 3. The number of carbonyl (C=O) groups is 1. The Kier molecular flexibility index (Phi) is 6.61. The summed E-state index contributed by atoms with van der Waals surface area (Å²) in [5.41, 5.74) is 10.7. The van der Waals surface area contributed by atoms with Crippen LogP contribution in [0.25, 0.3) is 5.69 Å². The fraction of sp³-hybridized carbons (Fsp3) is 0.304. The summed E-state index contributed by atoms with van der Waals surface area (Å²) < 4.78 is 1.92. The van der Waals surface area contributed by atoms with Crippen LogP contribution < -0.4 is 5.73 Å². The van der Waals surface area contributed by atoms with E-state index in [0.29, 0.717) is 26.1 Å². The Morgan fingerprint density at radius 1 is 1.04 bits per heavy atom. The monoisotopic (exact) mass is 376 g/mol. The van der Waals surface area contributed by atoms with Crippen LogP contribution in [0.1, 0.15) is 28.9 Å². The number of aryl methyl sites for hydroxylation is 1. The first-order chi connectivity index (χ1) is 13.6. The molecule has 2 N–H and O–H groups in total. The van der Waals surface area contributed by atoms with E-state index in [0.717, 1.165) is 34.6 Å². The van der Waals surface area contributed by atoms with Crippen LogP contribution in [0.4, 0.5) is 0 Å². The quantitative estimate of drug-likeness (QED) is 0.655. The fourth-order valence-corrected chi connectivity index (χ4v) is 3.39. The van der Waals surface area contributed by atoms with Crippen molar-refractivity contribution in [3.8, 4) is 5.69 Å². The Labute approximate surface area is 166 Å². The van der Waals surface area contributed by atoms with Gasteiger partial charge in [0.25, 0.3) is 0 Å². The SMILES string of the molecule is Cc1nn(-c2ccccc2)c(C)c1CC(=O)N(CCCN)Cc1ccccc1. The standard InChI is InChI=1S/C23H28N4O/c1-18-22(19(2)27(25-18)21-12-7-4-8-13-21)16-23(28)26(15-9-14-24)17-20-10-5-3-6-11-20/h3-8,10-13H,9,14-17,24H2,1-2H3. The Morgan fingerprint density at radius 3 is 2.32 bits per heavy atom. The Morgan fingerprint density at radius 2 is 1.68 bits per heavy atom. The van der Waals surface area contributed by atoms with Crippen molar-refractivity contribution in [3.05, 3.63) is 83.2 Å². The van der Waals surface area contributed by atoms with Gasteiger partial charge in [-0.05, 0) is 44.5 Å². The van der Waals surface area contributed by atoms with Crippen LogP contribution >= 0.6 is 0 Å². The first kappa shape index (κ1) is 19.8. The summed E-state index contributed by atoms with van der Waals surface area (Å²) in [4.78, 5) is 15.0. The van der Waals surface area contributed by atoms with Crippen LogP contribution in [0.5, 0.6) is 0 Å². The molecule has 5 heteroatoms. The van der Waals surface area contributed by atoms with Gasteiger partial charge in [-0.3, -0.25) is 4.79 Å². The number of rotatable bonds is 8. The average Bonchev–Trinajstić information content (AvgIpc) is 3.00. The van der Waals surface area contributed by atoms with Crippen LogP contribution in [0.3, 0.4) is 0 Å². The summed E-state index contributed by atoms with van der Waals surface area (Å²) in [6.45, 7) is 5.83. The van der Waals surface area contributed by atoms with Crippen molar-refractivity contribution in [1.82, 2.24) is 14.7 Å². The minimum absolute atomic E-state index is 0.108. The van der Waals surface area contributed by atoms with Gasteiger partial charge in [-0.2, -0.15) is 5.10 Å². The number of amides is 1. The summed E-state index contributed by atoms with van der Waals surface area (Å²) >= 11 is 0. The van der Waals surface area contributed by atoms with Crippen LogP contribution in [-0.2, 0) is 17.8 Å². The molecule has 3 aromatic rings. The molecule has 0 unspecified atom stereocenters. The van der Waals surface area contributed by atoms with Gasteiger partial charge in [-0.25, -0.2) is 4.68 Å². The smallest absolute Gasteiger partial charge is 0.227 e. The fourth-order valence-electron chi connectivity index (χ4n) is 3.39. The van der Waals surface area contributed by atoms with Crippen molar-refractivity contribution < 1.29 is 4.79 Å². The van der Waals surface area contributed by atoms with E-state index in [1.165, 1.54) is 0 Å². The van der Waals surface area contributed by atoms with Crippen LogP contribution in [0.15, 0.2) is 60.7 Å². The van der Waals surface area contributed by atoms with Gasteiger partial charge in [0.2, 0.25) is 5.91 Å². The summed E-state index contributed by atoms with van der Waals surface area (Å²) in [7, 11) is 0. The molecule has 0 radical (unpaired) electrons. The Hall–Kier alpha value is -2.92. The van der Waals surface area contributed by atoms with E-state index >= 15 is 0 Å². The normalized spacial score (nSPS) is 10.8. The molecule has 1 amide bonds. The Bertz CT molecular complexity index is 903. The van der Waals surface area contributed by atoms with Gasteiger partial charge in [0.15, 0.2) is 0 Å². The van der Waals surface area contributed by atoms with Crippen molar-refractivity contribution in [1.29, 1.82) is 0 Å². The molecule has 0 aliphatic heterocycles.